The Morgan fingerprint density at radius 2 is 1.83 bits per heavy atom. The number of carbonyl (C=O) groups is 1. The van der Waals surface area contributed by atoms with Crippen LogP contribution in [-0.4, -0.2) is 34.1 Å². The zero-order valence-electron chi connectivity index (χ0n) is 19.0. The van der Waals surface area contributed by atoms with Crippen LogP contribution in [0.5, 0.6) is 0 Å². The molecule has 0 bridgehead atoms. The summed E-state index contributed by atoms with van der Waals surface area (Å²) in [6, 6.07) is 10.9. The minimum absolute atomic E-state index is 0.0400. The van der Waals surface area contributed by atoms with Crippen LogP contribution in [0.1, 0.15) is 59.3 Å². The summed E-state index contributed by atoms with van der Waals surface area (Å²) in [5, 5.41) is 3.22. The molecule has 1 amide bonds. The van der Waals surface area contributed by atoms with Gasteiger partial charge in [-0.05, 0) is 85.5 Å². The van der Waals surface area contributed by atoms with Crippen molar-refractivity contribution < 1.29 is 22.4 Å². The van der Waals surface area contributed by atoms with Crippen molar-refractivity contribution in [2.75, 3.05) is 7.05 Å². The first-order valence-corrected chi connectivity index (χ1v) is 11.6. The smallest absolute Gasteiger partial charge is 0.355 e. The number of halogens is 4. The van der Waals surface area contributed by atoms with E-state index >= 15 is 0 Å². The van der Waals surface area contributed by atoms with E-state index in [9.17, 15) is 22.4 Å². The number of rotatable bonds is 4. The van der Waals surface area contributed by atoms with Gasteiger partial charge >= 0.3 is 6.18 Å². The maximum atomic E-state index is 14.3. The van der Waals surface area contributed by atoms with Gasteiger partial charge < -0.3 is 10.3 Å². The molecule has 2 aromatic carbocycles. The van der Waals surface area contributed by atoms with E-state index in [1.165, 1.54) is 25.2 Å². The van der Waals surface area contributed by atoms with Gasteiger partial charge in [-0.15, -0.1) is 0 Å². The summed E-state index contributed by atoms with van der Waals surface area (Å²) in [6.45, 7) is 0. The normalized spacial score (nSPS) is 19.7. The number of hydrogen-bond donors (Lipinski definition) is 2. The first-order valence-electron chi connectivity index (χ1n) is 11.6. The highest BCUT2D eigenvalue weighted by Crippen LogP contribution is 2.48. The maximum Gasteiger partial charge on any atom is 0.399 e. The fraction of sp³-hybridized carbons (Fsp3) is 0.346. The van der Waals surface area contributed by atoms with Gasteiger partial charge in [0.15, 0.2) is 0 Å². The van der Waals surface area contributed by atoms with Gasteiger partial charge in [0.25, 0.3) is 5.91 Å². The third-order valence-corrected chi connectivity index (χ3v) is 7.06. The molecule has 35 heavy (non-hydrogen) atoms. The maximum absolute atomic E-state index is 14.3. The average molecular weight is 484 g/mol. The van der Waals surface area contributed by atoms with E-state index in [1.807, 2.05) is 6.07 Å². The number of nitrogens with one attached hydrogen (secondary N) is 2. The van der Waals surface area contributed by atoms with E-state index in [2.05, 4.69) is 20.3 Å². The second-order valence-corrected chi connectivity index (χ2v) is 9.13. The van der Waals surface area contributed by atoms with Gasteiger partial charge in [0.1, 0.15) is 17.6 Å². The number of aromatic nitrogens is 3. The summed E-state index contributed by atoms with van der Waals surface area (Å²) < 4.78 is 56.7. The number of amides is 1. The van der Waals surface area contributed by atoms with Crippen LogP contribution >= 0.6 is 0 Å². The van der Waals surface area contributed by atoms with Crippen molar-refractivity contribution in [2.24, 2.45) is 5.92 Å². The lowest BCUT2D eigenvalue weighted by Gasteiger charge is -2.34. The largest absolute Gasteiger partial charge is 0.399 e. The topological polar surface area (TPSA) is 70.7 Å². The molecule has 1 unspecified atom stereocenters. The highest BCUT2D eigenvalue weighted by atomic mass is 19.4. The molecular weight excluding hydrogens is 460 g/mol. The van der Waals surface area contributed by atoms with Gasteiger partial charge in [-0.1, -0.05) is 0 Å². The van der Waals surface area contributed by atoms with Crippen LogP contribution in [0.2, 0.25) is 0 Å². The number of nitrogens with zero attached hydrogens (tertiary/aromatic N) is 2. The molecule has 4 aromatic rings. The second kappa shape index (κ2) is 8.94. The molecule has 1 aliphatic carbocycles. The number of H-pyrrole nitrogens is 1. The minimum Gasteiger partial charge on any atom is -0.355 e. The van der Waals surface area contributed by atoms with Gasteiger partial charge in [0.2, 0.25) is 0 Å². The molecule has 1 saturated carbocycles. The molecule has 2 N–H and O–H groups in total. The van der Waals surface area contributed by atoms with Crippen molar-refractivity contribution in [2.45, 2.75) is 43.7 Å². The molecule has 1 fully saturated rings. The first kappa shape index (κ1) is 23.3. The Morgan fingerprint density at radius 3 is 2.54 bits per heavy atom. The zero-order valence-corrected chi connectivity index (χ0v) is 19.0. The predicted octanol–water partition coefficient (Wildman–Crippen LogP) is 6.23. The summed E-state index contributed by atoms with van der Waals surface area (Å²) >= 11 is 0. The Hall–Kier alpha value is -3.49. The highest BCUT2D eigenvalue weighted by Gasteiger charge is 2.48. The molecule has 9 heteroatoms. The molecule has 5 nitrogen and oxygen atoms in total. The van der Waals surface area contributed by atoms with E-state index in [-0.39, 0.29) is 23.5 Å². The van der Waals surface area contributed by atoms with Crippen LogP contribution in [0.3, 0.4) is 0 Å². The molecule has 0 aliphatic heterocycles. The Morgan fingerprint density at radius 1 is 1.06 bits per heavy atom. The van der Waals surface area contributed by atoms with Crippen molar-refractivity contribution in [3.05, 3.63) is 71.4 Å². The molecule has 1 aliphatic rings. The SMILES string of the molecule is CNC(=O)c1ccc2[nH]c(C(C3CCC(c4ccnc5ccc(F)cc45)CC3)C(F)(F)F)nc2c1. The summed E-state index contributed by atoms with van der Waals surface area (Å²) in [7, 11) is 1.49. The van der Waals surface area contributed by atoms with E-state index in [4.69, 9.17) is 0 Å². The third-order valence-electron chi connectivity index (χ3n) is 7.06. The van der Waals surface area contributed by atoms with Crippen molar-refractivity contribution in [3.8, 4) is 0 Å². The Balaban J connectivity index is 1.41. The number of aromatic amines is 1. The molecule has 1 atom stereocenters. The molecule has 2 heterocycles. The molecule has 0 saturated heterocycles. The Kier molecular flexibility index (Phi) is 5.94. The van der Waals surface area contributed by atoms with E-state index in [1.54, 1.807) is 24.4 Å². The third kappa shape index (κ3) is 4.47. The van der Waals surface area contributed by atoms with E-state index in [0.717, 1.165) is 5.56 Å². The number of fused-ring (bicyclic) bond motifs is 2. The van der Waals surface area contributed by atoms with Crippen molar-refractivity contribution >= 4 is 27.8 Å². The summed E-state index contributed by atoms with van der Waals surface area (Å²) in [5.41, 5.74) is 2.73. The lowest BCUT2D eigenvalue weighted by atomic mass is 9.73. The van der Waals surface area contributed by atoms with Crippen molar-refractivity contribution in [1.82, 2.24) is 20.3 Å². The number of benzene rings is 2. The first-order chi connectivity index (χ1) is 16.7. The fourth-order valence-corrected chi connectivity index (χ4v) is 5.36. The number of carbonyl (C=O) groups excluding carboxylic acids is 1. The van der Waals surface area contributed by atoms with Gasteiger partial charge in [-0.2, -0.15) is 13.2 Å². The van der Waals surface area contributed by atoms with Crippen LogP contribution < -0.4 is 5.32 Å². The standard InChI is InChI=1S/C26H24F4N4O/c1-31-25(35)16-6-8-21-22(12-16)34-24(33-21)23(26(28,29)30)15-4-2-14(3-5-15)18-10-11-32-20-9-7-17(27)13-19(18)20/h6-15,23H,2-5H2,1H3,(H,31,35)(H,33,34). The summed E-state index contributed by atoms with van der Waals surface area (Å²) in [4.78, 5) is 23.3. The van der Waals surface area contributed by atoms with E-state index in [0.29, 0.717) is 53.2 Å². The van der Waals surface area contributed by atoms with Gasteiger partial charge in [0, 0.05) is 24.2 Å². The van der Waals surface area contributed by atoms with Crippen LogP contribution in [0.4, 0.5) is 17.6 Å². The highest BCUT2D eigenvalue weighted by molar-refractivity contribution is 5.97. The number of hydrogen-bond acceptors (Lipinski definition) is 3. The monoisotopic (exact) mass is 484 g/mol. The lowest BCUT2D eigenvalue weighted by Crippen LogP contribution is -2.31. The van der Waals surface area contributed by atoms with Crippen LogP contribution in [-0.2, 0) is 0 Å². The summed E-state index contributed by atoms with van der Waals surface area (Å²) in [5.74, 6) is -3.13. The van der Waals surface area contributed by atoms with Crippen LogP contribution in [0, 0.1) is 11.7 Å². The van der Waals surface area contributed by atoms with Crippen molar-refractivity contribution in [3.63, 3.8) is 0 Å². The molecule has 0 spiro atoms. The van der Waals surface area contributed by atoms with Crippen molar-refractivity contribution in [1.29, 1.82) is 0 Å². The molecular formula is C26H24F4N4O. The Labute approximate surface area is 199 Å². The summed E-state index contributed by atoms with van der Waals surface area (Å²) in [6.07, 6.45) is -0.937. The van der Waals surface area contributed by atoms with E-state index < -0.39 is 18.0 Å². The number of alkyl halides is 3. The average Bonchev–Trinajstić information content (AvgIpc) is 3.25. The van der Waals surface area contributed by atoms with Crippen LogP contribution in [0.15, 0.2) is 48.7 Å². The molecule has 0 radical (unpaired) electrons. The number of pyridine rings is 1. The second-order valence-electron chi connectivity index (χ2n) is 9.13. The van der Waals surface area contributed by atoms with Gasteiger partial charge in [0.05, 0.1) is 16.6 Å². The fourth-order valence-electron chi connectivity index (χ4n) is 5.36. The van der Waals surface area contributed by atoms with Crippen LogP contribution in [0.25, 0.3) is 21.9 Å². The molecule has 2 aromatic heterocycles. The minimum atomic E-state index is -4.47. The Bertz CT molecular complexity index is 1390. The molecule has 182 valence electrons. The quantitative estimate of drug-likeness (QED) is 0.338. The van der Waals surface area contributed by atoms with Gasteiger partial charge in [-0.3, -0.25) is 9.78 Å². The lowest BCUT2D eigenvalue weighted by molar-refractivity contribution is -0.166. The van der Waals surface area contributed by atoms with Gasteiger partial charge in [-0.25, -0.2) is 9.37 Å². The predicted molar refractivity (Wildman–Crippen MR) is 125 cm³/mol. The zero-order chi connectivity index (χ0) is 24.7. The number of imidazole rings is 1. The molecule has 5 rings (SSSR count).